The third-order valence-corrected chi connectivity index (χ3v) is 2.19. The van der Waals surface area contributed by atoms with Crippen LogP contribution in [-0.2, 0) is 0 Å². The van der Waals surface area contributed by atoms with E-state index in [2.05, 4.69) is 18.2 Å². The highest BCUT2D eigenvalue weighted by Crippen LogP contribution is 2.18. The van der Waals surface area contributed by atoms with Crippen molar-refractivity contribution in [3.05, 3.63) is 29.8 Å². The van der Waals surface area contributed by atoms with Gasteiger partial charge in [0.1, 0.15) is 5.75 Å². The van der Waals surface area contributed by atoms with Gasteiger partial charge in [0.2, 0.25) is 0 Å². The Morgan fingerprint density at radius 3 is 2.93 bits per heavy atom. The summed E-state index contributed by atoms with van der Waals surface area (Å²) in [5.74, 6) is 3.58. The molecule has 1 unspecified atom stereocenters. The van der Waals surface area contributed by atoms with Gasteiger partial charge in [0.05, 0.1) is 13.2 Å². The molecule has 0 heterocycles. The lowest BCUT2D eigenvalue weighted by molar-refractivity contribution is 0.413. The predicted octanol–water partition coefficient (Wildman–Crippen LogP) is 2.37. The number of hydrogen-bond acceptors (Lipinski definition) is 2. The van der Waals surface area contributed by atoms with E-state index in [0.29, 0.717) is 0 Å². The van der Waals surface area contributed by atoms with E-state index in [4.69, 9.17) is 11.2 Å². The number of methoxy groups -OCH3 is 1. The zero-order valence-corrected chi connectivity index (χ0v) is 9.29. The van der Waals surface area contributed by atoms with Crippen molar-refractivity contribution in [3.63, 3.8) is 0 Å². The van der Waals surface area contributed by atoms with Crippen LogP contribution in [0.15, 0.2) is 24.3 Å². The summed E-state index contributed by atoms with van der Waals surface area (Å²) in [4.78, 5) is 0. The first-order chi connectivity index (χ1) is 7.31. The van der Waals surface area contributed by atoms with Crippen LogP contribution < -0.4 is 10.1 Å². The Bertz CT molecular complexity index is 341. The largest absolute Gasteiger partial charge is 0.497 e. The second-order valence-corrected chi connectivity index (χ2v) is 3.33. The molecule has 0 aromatic heterocycles. The van der Waals surface area contributed by atoms with E-state index in [-0.39, 0.29) is 6.04 Å². The fourth-order valence-corrected chi connectivity index (χ4v) is 1.38. The third kappa shape index (κ3) is 3.30. The second-order valence-electron chi connectivity index (χ2n) is 3.33. The molecular formula is C13H17NO. The van der Waals surface area contributed by atoms with E-state index >= 15 is 0 Å². The van der Waals surface area contributed by atoms with Crippen molar-refractivity contribution in [2.24, 2.45) is 0 Å². The molecular weight excluding hydrogens is 186 g/mol. The minimum atomic E-state index is -0.0277. The average Bonchev–Trinajstić information content (AvgIpc) is 2.30. The van der Waals surface area contributed by atoms with Crippen molar-refractivity contribution in [1.82, 2.24) is 5.32 Å². The topological polar surface area (TPSA) is 21.3 Å². The van der Waals surface area contributed by atoms with Crippen LogP contribution in [0.4, 0.5) is 0 Å². The van der Waals surface area contributed by atoms with Crippen LogP contribution in [0.1, 0.15) is 24.9 Å². The molecule has 0 saturated carbocycles. The molecule has 0 bridgehead atoms. The minimum Gasteiger partial charge on any atom is -0.497 e. The maximum Gasteiger partial charge on any atom is 0.119 e. The van der Waals surface area contributed by atoms with Crippen molar-refractivity contribution in [2.45, 2.75) is 19.4 Å². The van der Waals surface area contributed by atoms with Gasteiger partial charge in [-0.15, -0.1) is 6.42 Å². The molecule has 0 radical (unpaired) electrons. The van der Waals surface area contributed by atoms with Crippen LogP contribution in [0.3, 0.4) is 0 Å². The maximum atomic E-state index is 5.48. The van der Waals surface area contributed by atoms with Gasteiger partial charge in [-0.05, 0) is 30.7 Å². The quantitative estimate of drug-likeness (QED) is 0.742. The summed E-state index contributed by atoms with van der Waals surface area (Å²) in [6.45, 7) is 3.04. The van der Waals surface area contributed by atoms with Crippen molar-refractivity contribution in [1.29, 1.82) is 0 Å². The smallest absolute Gasteiger partial charge is 0.119 e. The summed E-state index contributed by atoms with van der Waals surface area (Å²) < 4.78 is 5.16. The number of hydrogen-bond donors (Lipinski definition) is 1. The Morgan fingerprint density at radius 2 is 2.33 bits per heavy atom. The van der Waals surface area contributed by atoms with E-state index in [0.717, 1.165) is 24.3 Å². The van der Waals surface area contributed by atoms with Gasteiger partial charge in [0.15, 0.2) is 0 Å². The van der Waals surface area contributed by atoms with Crippen LogP contribution in [0, 0.1) is 12.3 Å². The Balaban J connectivity index is 2.78. The summed E-state index contributed by atoms with van der Waals surface area (Å²) in [6, 6.07) is 7.81. The van der Waals surface area contributed by atoms with Crippen molar-refractivity contribution in [2.75, 3.05) is 13.7 Å². The monoisotopic (exact) mass is 203 g/mol. The van der Waals surface area contributed by atoms with Gasteiger partial charge in [-0.25, -0.2) is 0 Å². The summed E-state index contributed by atoms with van der Waals surface area (Å²) in [6.07, 6.45) is 6.56. The highest BCUT2D eigenvalue weighted by molar-refractivity contribution is 5.33. The molecule has 0 spiro atoms. The molecule has 2 nitrogen and oxygen atoms in total. The normalized spacial score (nSPS) is 11.8. The number of benzene rings is 1. The molecule has 15 heavy (non-hydrogen) atoms. The van der Waals surface area contributed by atoms with E-state index in [1.807, 2.05) is 24.3 Å². The molecule has 1 N–H and O–H groups in total. The molecule has 80 valence electrons. The molecule has 0 aliphatic rings. The first-order valence-corrected chi connectivity index (χ1v) is 5.15. The molecule has 1 rings (SSSR count). The molecule has 1 aromatic rings. The Hall–Kier alpha value is -1.46. The van der Waals surface area contributed by atoms with Gasteiger partial charge >= 0.3 is 0 Å². The molecule has 2 heteroatoms. The first kappa shape index (κ1) is 11.6. The van der Waals surface area contributed by atoms with Crippen molar-refractivity contribution >= 4 is 0 Å². The summed E-state index contributed by atoms with van der Waals surface area (Å²) in [5.41, 5.74) is 1.07. The van der Waals surface area contributed by atoms with E-state index in [9.17, 15) is 0 Å². The van der Waals surface area contributed by atoms with Gasteiger partial charge in [-0.2, -0.15) is 0 Å². The molecule has 0 aliphatic carbocycles. The zero-order chi connectivity index (χ0) is 11.1. The summed E-state index contributed by atoms with van der Waals surface area (Å²) in [7, 11) is 1.66. The minimum absolute atomic E-state index is 0.0277. The number of terminal acetylenes is 1. The van der Waals surface area contributed by atoms with Crippen LogP contribution in [0.25, 0.3) is 0 Å². The van der Waals surface area contributed by atoms with E-state index in [1.165, 1.54) is 0 Å². The van der Waals surface area contributed by atoms with E-state index in [1.54, 1.807) is 7.11 Å². The van der Waals surface area contributed by atoms with E-state index < -0.39 is 0 Å². The second kappa shape index (κ2) is 6.10. The Kier molecular flexibility index (Phi) is 4.73. The lowest BCUT2D eigenvalue weighted by Gasteiger charge is -2.13. The van der Waals surface area contributed by atoms with Crippen LogP contribution in [-0.4, -0.2) is 13.7 Å². The molecule has 0 amide bonds. The summed E-state index contributed by atoms with van der Waals surface area (Å²) >= 11 is 0. The van der Waals surface area contributed by atoms with Crippen LogP contribution in [0.2, 0.25) is 0 Å². The Morgan fingerprint density at radius 1 is 1.53 bits per heavy atom. The van der Waals surface area contributed by atoms with Gasteiger partial charge < -0.3 is 10.1 Å². The predicted molar refractivity (Wildman–Crippen MR) is 62.9 cm³/mol. The molecule has 0 saturated heterocycles. The molecule has 0 fully saturated rings. The van der Waals surface area contributed by atoms with Crippen molar-refractivity contribution in [3.8, 4) is 18.1 Å². The van der Waals surface area contributed by atoms with Crippen LogP contribution >= 0.6 is 0 Å². The number of nitrogens with one attached hydrogen (secondary N) is 1. The van der Waals surface area contributed by atoms with Crippen molar-refractivity contribution < 1.29 is 4.74 Å². The average molecular weight is 203 g/mol. The summed E-state index contributed by atoms with van der Waals surface area (Å²) in [5, 5.41) is 3.30. The fraction of sp³-hybridized carbons (Fsp3) is 0.385. The fourth-order valence-electron chi connectivity index (χ4n) is 1.38. The standard InChI is InChI=1S/C13H17NO/c1-4-9-14-13(5-2)11-7-6-8-12(10-11)15-3/h2,6-8,10,13-14H,4,9H2,1,3H3. The van der Waals surface area contributed by atoms with Gasteiger partial charge in [-0.3, -0.25) is 0 Å². The molecule has 0 aliphatic heterocycles. The third-order valence-electron chi connectivity index (χ3n) is 2.19. The lowest BCUT2D eigenvalue weighted by atomic mass is 10.1. The highest BCUT2D eigenvalue weighted by Gasteiger charge is 2.07. The first-order valence-electron chi connectivity index (χ1n) is 5.15. The van der Waals surface area contributed by atoms with Gasteiger partial charge in [0.25, 0.3) is 0 Å². The van der Waals surface area contributed by atoms with Gasteiger partial charge in [-0.1, -0.05) is 25.0 Å². The lowest BCUT2D eigenvalue weighted by Crippen LogP contribution is -2.20. The Labute approximate surface area is 91.6 Å². The highest BCUT2D eigenvalue weighted by atomic mass is 16.5. The zero-order valence-electron chi connectivity index (χ0n) is 9.29. The van der Waals surface area contributed by atoms with Gasteiger partial charge in [0, 0.05) is 0 Å². The maximum absolute atomic E-state index is 5.48. The molecule has 1 aromatic carbocycles. The number of ether oxygens (including phenoxy) is 1. The van der Waals surface area contributed by atoms with Crippen LogP contribution in [0.5, 0.6) is 5.75 Å². The molecule has 1 atom stereocenters. The number of rotatable bonds is 5. The SMILES string of the molecule is C#CC(NCCC)c1cccc(OC)c1.